The molecule has 1 aliphatic heterocycles. The molecule has 2 fully saturated rings. The van der Waals surface area contributed by atoms with Crippen LogP contribution in [0.15, 0.2) is 4.99 Å². The van der Waals surface area contributed by atoms with Gasteiger partial charge < -0.3 is 10.6 Å². The van der Waals surface area contributed by atoms with Crippen LogP contribution in [-0.2, 0) is 10.0 Å². The van der Waals surface area contributed by atoms with E-state index in [4.69, 9.17) is 0 Å². The minimum Gasteiger partial charge on any atom is -0.357 e. The van der Waals surface area contributed by atoms with E-state index in [9.17, 15) is 8.42 Å². The molecule has 23 heavy (non-hydrogen) atoms. The van der Waals surface area contributed by atoms with Crippen molar-refractivity contribution < 1.29 is 8.42 Å². The third-order valence-corrected chi connectivity index (χ3v) is 7.03. The summed E-state index contributed by atoms with van der Waals surface area (Å²) in [6.45, 7) is 4.56. The first-order chi connectivity index (χ1) is 11.1. The Morgan fingerprint density at radius 3 is 2.65 bits per heavy atom. The van der Waals surface area contributed by atoms with Gasteiger partial charge >= 0.3 is 0 Å². The summed E-state index contributed by atoms with van der Waals surface area (Å²) in [5, 5.41) is 6.91. The van der Waals surface area contributed by atoms with Crippen LogP contribution in [0.1, 0.15) is 39.0 Å². The van der Waals surface area contributed by atoms with Crippen LogP contribution in [0.5, 0.6) is 0 Å². The molecule has 8 heteroatoms. The van der Waals surface area contributed by atoms with E-state index in [-0.39, 0.29) is 5.75 Å². The van der Waals surface area contributed by atoms with Gasteiger partial charge in [-0.1, -0.05) is 6.42 Å². The van der Waals surface area contributed by atoms with Gasteiger partial charge in [-0.3, -0.25) is 4.99 Å². The van der Waals surface area contributed by atoms with Crippen molar-refractivity contribution in [1.82, 2.24) is 15.4 Å². The van der Waals surface area contributed by atoms with Gasteiger partial charge in [-0.15, -0.1) is 0 Å². The standard InChI is InChI=1S/C15H30N4O2S2/c1-2-16-15(18-12-14-7-4-9-22-14)17-8-10-23(20,21)19-11-13-5-3-6-13/h13-14,19H,2-12H2,1H3,(H2,16,17,18). The summed E-state index contributed by atoms with van der Waals surface area (Å²) < 4.78 is 26.6. The van der Waals surface area contributed by atoms with Crippen LogP contribution in [0.3, 0.4) is 0 Å². The van der Waals surface area contributed by atoms with E-state index in [0.29, 0.717) is 30.2 Å². The van der Waals surface area contributed by atoms with E-state index < -0.39 is 10.0 Å². The minimum atomic E-state index is -3.19. The summed E-state index contributed by atoms with van der Waals surface area (Å²) in [5.74, 6) is 2.58. The zero-order valence-electron chi connectivity index (χ0n) is 14.0. The molecule has 0 spiro atoms. The number of nitrogens with zero attached hydrogens (tertiary/aromatic N) is 1. The SMILES string of the molecule is CCNC(=NCC1CCCS1)NCCS(=O)(=O)NCC1CCC1. The second-order valence-electron chi connectivity index (χ2n) is 6.25. The van der Waals surface area contributed by atoms with E-state index >= 15 is 0 Å². The molecule has 0 amide bonds. The third-order valence-electron chi connectivity index (χ3n) is 4.30. The Morgan fingerprint density at radius 1 is 1.22 bits per heavy atom. The first kappa shape index (κ1) is 18.9. The molecular weight excluding hydrogens is 332 g/mol. The minimum absolute atomic E-state index is 0.0856. The van der Waals surface area contributed by atoms with Gasteiger partial charge in [-0.25, -0.2) is 13.1 Å². The van der Waals surface area contributed by atoms with Crippen molar-refractivity contribution in [1.29, 1.82) is 0 Å². The van der Waals surface area contributed by atoms with Crippen molar-refractivity contribution in [2.24, 2.45) is 10.9 Å². The average molecular weight is 363 g/mol. The summed E-state index contributed by atoms with van der Waals surface area (Å²) >= 11 is 1.98. The number of thioether (sulfide) groups is 1. The van der Waals surface area contributed by atoms with Gasteiger partial charge in [0.2, 0.25) is 10.0 Å². The van der Waals surface area contributed by atoms with Crippen LogP contribution in [0.2, 0.25) is 0 Å². The molecule has 0 radical (unpaired) electrons. The summed E-state index contributed by atoms with van der Waals surface area (Å²) in [5.41, 5.74) is 0. The molecule has 0 bridgehead atoms. The van der Waals surface area contributed by atoms with Crippen LogP contribution >= 0.6 is 11.8 Å². The molecule has 6 nitrogen and oxygen atoms in total. The molecule has 2 rings (SSSR count). The molecule has 1 saturated heterocycles. The zero-order chi connectivity index (χ0) is 16.5. The largest absolute Gasteiger partial charge is 0.357 e. The third kappa shape index (κ3) is 7.30. The van der Waals surface area contributed by atoms with Gasteiger partial charge in [-0.2, -0.15) is 11.8 Å². The quantitative estimate of drug-likeness (QED) is 0.423. The lowest BCUT2D eigenvalue weighted by Crippen LogP contribution is -2.42. The first-order valence-corrected chi connectivity index (χ1v) is 11.4. The molecule has 1 aliphatic carbocycles. The maximum Gasteiger partial charge on any atom is 0.213 e. The smallest absolute Gasteiger partial charge is 0.213 e. The lowest BCUT2D eigenvalue weighted by Gasteiger charge is -2.25. The fraction of sp³-hybridized carbons (Fsp3) is 0.933. The van der Waals surface area contributed by atoms with Gasteiger partial charge in [0, 0.05) is 24.9 Å². The molecule has 1 atom stereocenters. The highest BCUT2D eigenvalue weighted by Crippen LogP contribution is 2.26. The maximum absolute atomic E-state index is 12.0. The van der Waals surface area contributed by atoms with Crippen LogP contribution in [0.4, 0.5) is 0 Å². The van der Waals surface area contributed by atoms with Gasteiger partial charge in [0.1, 0.15) is 0 Å². The number of nitrogens with one attached hydrogen (secondary N) is 3. The first-order valence-electron chi connectivity index (χ1n) is 8.70. The highest BCUT2D eigenvalue weighted by Gasteiger charge is 2.20. The van der Waals surface area contributed by atoms with Crippen molar-refractivity contribution >= 4 is 27.7 Å². The van der Waals surface area contributed by atoms with E-state index in [1.807, 2.05) is 18.7 Å². The molecule has 0 aromatic heterocycles. The summed E-state index contributed by atoms with van der Waals surface area (Å²) in [6.07, 6.45) is 6.04. The second kappa shape index (κ2) is 9.74. The summed E-state index contributed by atoms with van der Waals surface area (Å²) in [4.78, 5) is 4.57. The average Bonchev–Trinajstić information content (AvgIpc) is 2.96. The number of sulfonamides is 1. The van der Waals surface area contributed by atoms with Crippen LogP contribution in [0, 0.1) is 5.92 Å². The highest BCUT2D eigenvalue weighted by atomic mass is 32.2. The molecule has 1 unspecified atom stereocenters. The topological polar surface area (TPSA) is 82.6 Å². The molecule has 3 N–H and O–H groups in total. The molecule has 1 heterocycles. The summed E-state index contributed by atoms with van der Waals surface area (Å²) in [7, 11) is -3.19. The maximum atomic E-state index is 12.0. The van der Waals surface area contributed by atoms with Crippen LogP contribution < -0.4 is 15.4 Å². The second-order valence-corrected chi connectivity index (χ2v) is 9.58. The van der Waals surface area contributed by atoms with Crippen molar-refractivity contribution in [2.45, 2.75) is 44.3 Å². The Bertz CT molecular complexity index is 472. The van der Waals surface area contributed by atoms with Crippen molar-refractivity contribution in [2.75, 3.05) is 37.7 Å². The zero-order valence-corrected chi connectivity index (χ0v) is 15.6. The van der Waals surface area contributed by atoms with E-state index in [1.54, 1.807) is 0 Å². The number of aliphatic imine (C=N–C) groups is 1. The van der Waals surface area contributed by atoms with Gasteiger partial charge in [0.05, 0.1) is 12.3 Å². The molecule has 1 saturated carbocycles. The monoisotopic (exact) mass is 362 g/mol. The Kier molecular flexibility index (Phi) is 7.98. The van der Waals surface area contributed by atoms with Gasteiger partial charge in [0.25, 0.3) is 0 Å². The Labute approximate surface area is 144 Å². The molecule has 0 aromatic carbocycles. The van der Waals surface area contributed by atoms with Crippen molar-refractivity contribution in [3.05, 3.63) is 0 Å². The lowest BCUT2D eigenvalue weighted by atomic mass is 9.86. The van der Waals surface area contributed by atoms with E-state index in [0.717, 1.165) is 25.9 Å². The number of hydrogen-bond acceptors (Lipinski definition) is 4. The van der Waals surface area contributed by atoms with E-state index in [1.165, 1.54) is 25.0 Å². The Hall–Kier alpha value is -0.470. The van der Waals surface area contributed by atoms with Crippen molar-refractivity contribution in [3.63, 3.8) is 0 Å². The predicted molar refractivity (Wildman–Crippen MR) is 98.6 cm³/mol. The van der Waals surface area contributed by atoms with Crippen LogP contribution in [0.25, 0.3) is 0 Å². The number of guanidine groups is 1. The fourth-order valence-electron chi connectivity index (χ4n) is 2.64. The summed E-state index contributed by atoms with van der Waals surface area (Å²) in [6, 6.07) is 0. The highest BCUT2D eigenvalue weighted by molar-refractivity contribution is 8.00. The molecular formula is C15H30N4O2S2. The lowest BCUT2D eigenvalue weighted by molar-refractivity contribution is 0.316. The van der Waals surface area contributed by atoms with Gasteiger partial charge in [-0.05, 0) is 44.3 Å². The Balaban J connectivity index is 1.68. The Morgan fingerprint density at radius 2 is 2.04 bits per heavy atom. The van der Waals surface area contributed by atoms with Gasteiger partial charge in [0.15, 0.2) is 5.96 Å². The molecule has 134 valence electrons. The van der Waals surface area contributed by atoms with Crippen LogP contribution in [-0.4, -0.2) is 57.3 Å². The van der Waals surface area contributed by atoms with Crippen molar-refractivity contribution in [3.8, 4) is 0 Å². The predicted octanol–water partition coefficient (Wildman–Crippen LogP) is 1.16. The van der Waals surface area contributed by atoms with E-state index in [2.05, 4.69) is 20.3 Å². The number of rotatable bonds is 9. The molecule has 0 aromatic rings. The molecule has 2 aliphatic rings. The normalized spacial score (nSPS) is 22.8. The number of hydrogen-bond donors (Lipinski definition) is 3. The fourth-order valence-corrected chi connectivity index (χ4v) is 4.83.